The van der Waals surface area contributed by atoms with Crippen LogP contribution in [0.3, 0.4) is 0 Å². The largest absolute Gasteiger partial charge is 0.383 e. The van der Waals surface area contributed by atoms with E-state index in [9.17, 15) is 0 Å². The summed E-state index contributed by atoms with van der Waals surface area (Å²) in [5, 5.41) is 4.67. The first-order chi connectivity index (χ1) is 9.78. The van der Waals surface area contributed by atoms with Gasteiger partial charge in [0.1, 0.15) is 0 Å². The first-order valence-electron chi connectivity index (χ1n) is 7.70. The molecular weight excluding hydrogens is 270 g/mol. The summed E-state index contributed by atoms with van der Waals surface area (Å²) >= 11 is 1.88. The molecule has 2 aliphatic rings. The molecule has 3 rings (SSSR count). The number of ether oxygens (including phenoxy) is 1. The minimum atomic E-state index is 0.764. The monoisotopic (exact) mass is 295 g/mol. The maximum atomic E-state index is 5.06. The van der Waals surface area contributed by atoms with Crippen LogP contribution in [-0.2, 0) is 11.3 Å². The van der Waals surface area contributed by atoms with Gasteiger partial charge in [0, 0.05) is 37.7 Å². The molecule has 4 nitrogen and oxygen atoms in total. The maximum absolute atomic E-state index is 5.06. The Morgan fingerprint density at radius 2 is 2.15 bits per heavy atom. The zero-order chi connectivity index (χ0) is 13.9. The minimum Gasteiger partial charge on any atom is -0.383 e. The average Bonchev–Trinajstić information content (AvgIpc) is 3.32. The molecule has 0 atom stereocenters. The second-order valence-corrected chi connectivity index (χ2v) is 7.06. The highest BCUT2D eigenvalue weighted by Gasteiger charge is 2.35. The van der Waals surface area contributed by atoms with Gasteiger partial charge in [0.05, 0.1) is 12.3 Å². The number of hydrogen-bond acceptors (Lipinski definition) is 5. The maximum Gasteiger partial charge on any atom is 0.186 e. The van der Waals surface area contributed by atoms with Gasteiger partial charge in [0.25, 0.3) is 0 Å². The SMILES string of the molecule is COCCNCc1sc(N(CC2CC2)C2CC2)nc1C. The molecule has 0 amide bonds. The fraction of sp³-hybridized carbons (Fsp3) is 0.800. The molecule has 112 valence electrons. The number of thiazole rings is 1. The second-order valence-electron chi connectivity index (χ2n) is 6.00. The zero-order valence-corrected chi connectivity index (χ0v) is 13.3. The summed E-state index contributed by atoms with van der Waals surface area (Å²) in [6.45, 7) is 5.94. The number of methoxy groups -OCH3 is 1. The van der Waals surface area contributed by atoms with Gasteiger partial charge in [0.2, 0.25) is 0 Å². The van der Waals surface area contributed by atoms with Crippen LogP contribution in [0.25, 0.3) is 0 Å². The Kier molecular flexibility index (Phi) is 4.58. The first kappa shape index (κ1) is 14.3. The summed E-state index contributed by atoms with van der Waals surface area (Å²) in [5.41, 5.74) is 1.19. The van der Waals surface area contributed by atoms with E-state index in [0.29, 0.717) is 0 Å². The van der Waals surface area contributed by atoms with Gasteiger partial charge in [-0.05, 0) is 38.5 Å². The summed E-state index contributed by atoms with van der Waals surface area (Å²) in [6.07, 6.45) is 5.54. The van der Waals surface area contributed by atoms with Crippen molar-refractivity contribution < 1.29 is 4.74 Å². The van der Waals surface area contributed by atoms with Crippen LogP contribution in [0, 0.1) is 12.8 Å². The lowest BCUT2D eigenvalue weighted by Crippen LogP contribution is -2.27. The van der Waals surface area contributed by atoms with Crippen molar-refractivity contribution >= 4 is 16.5 Å². The topological polar surface area (TPSA) is 37.4 Å². The molecule has 1 aromatic rings. The van der Waals surface area contributed by atoms with Crippen molar-refractivity contribution in [3.63, 3.8) is 0 Å². The van der Waals surface area contributed by atoms with E-state index in [1.165, 1.54) is 47.9 Å². The van der Waals surface area contributed by atoms with E-state index in [1.807, 2.05) is 11.3 Å². The number of nitrogens with one attached hydrogen (secondary N) is 1. The molecule has 2 aliphatic carbocycles. The van der Waals surface area contributed by atoms with Gasteiger partial charge in [-0.15, -0.1) is 11.3 Å². The van der Waals surface area contributed by atoms with Gasteiger partial charge in [0.15, 0.2) is 5.13 Å². The lowest BCUT2D eigenvalue weighted by Gasteiger charge is -2.21. The van der Waals surface area contributed by atoms with Crippen molar-refractivity contribution in [1.82, 2.24) is 10.3 Å². The van der Waals surface area contributed by atoms with Crippen LogP contribution < -0.4 is 10.2 Å². The quantitative estimate of drug-likeness (QED) is 0.711. The van der Waals surface area contributed by atoms with Crippen molar-refractivity contribution in [3.05, 3.63) is 10.6 Å². The lowest BCUT2D eigenvalue weighted by molar-refractivity contribution is 0.199. The molecule has 0 aliphatic heterocycles. The molecule has 1 N–H and O–H groups in total. The van der Waals surface area contributed by atoms with E-state index in [0.717, 1.165) is 31.7 Å². The predicted octanol–water partition coefficient (Wildman–Crippen LogP) is 2.57. The van der Waals surface area contributed by atoms with Crippen LogP contribution >= 0.6 is 11.3 Å². The highest BCUT2D eigenvalue weighted by Crippen LogP contribution is 2.39. The van der Waals surface area contributed by atoms with Gasteiger partial charge in [-0.3, -0.25) is 0 Å². The smallest absolute Gasteiger partial charge is 0.186 e. The van der Waals surface area contributed by atoms with Gasteiger partial charge in [-0.1, -0.05) is 0 Å². The molecule has 0 unspecified atom stereocenters. The third-order valence-electron chi connectivity index (χ3n) is 4.04. The molecule has 0 aromatic carbocycles. The molecule has 2 saturated carbocycles. The Labute approximate surface area is 125 Å². The Morgan fingerprint density at radius 3 is 2.80 bits per heavy atom. The van der Waals surface area contributed by atoms with Crippen LogP contribution in [0.15, 0.2) is 0 Å². The molecule has 0 spiro atoms. The molecule has 1 aromatic heterocycles. The number of hydrogen-bond donors (Lipinski definition) is 1. The van der Waals surface area contributed by atoms with Gasteiger partial charge in [-0.2, -0.15) is 0 Å². The molecule has 2 fully saturated rings. The fourth-order valence-corrected chi connectivity index (χ4v) is 3.54. The van der Waals surface area contributed by atoms with Crippen molar-refractivity contribution in [2.45, 2.75) is 45.2 Å². The molecule has 0 saturated heterocycles. The molecule has 1 heterocycles. The molecular formula is C15H25N3OS. The summed E-state index contributed by atoms with van der Waals surface area (Å²) in [4.78, 5) is 8.78. The molecule has 5 heteroatoms. The summed E-state index contributed by atoms with van der Waals surface area (Å²) in [6, 6.07) is 0.774. The average molecular weight is 295 g/mol. The van der Waals surface area contributed by atoms with E-state index < -0.39 is 0 Å². The standard InChI is InChI=1S/C15H25N3OS/c1-11-14(9-16-7-8-19-2)20-15(17-11)18(13-5-6-13)10-12-3-4-12/h12-13,16H,3-10H2,1-2H3. The van der Waals surface area contributed by atoms with E-state index >= 15 is 0 Å². The van der Waals surface area contributed by atoms with Crippen molar-refractivity contribution in [2.75, 3.05) is 31.7 Å². The van der Waals surface area contributed by atoms with E-state index in [4.69, 9.17) is 9.72 Å². The normalized spacial score (nSPS) is 18.5. The van der Waals surface area contributed by atoms with Gasteiger partial charge >= 0.3 is 0 Å². The number of aryl methyl sites for hydroxylation is 1. The number of aromatic nitrogens is 1. The van der Waals surface area contributed by atoms with Crippen LogP contribution in [-0.4, -0.2) is 37.8 Å². The van der Waals surface area contributed by atoms with Crippen molar-refractivity contribution in [3.8, 4) is 0 Å². The Balaban J connectivity index is 1.60. The Hall–Kier alpha value is -0.650. The Morgan fingerprint density at radius 1 is 1.35 bits per heavy atom. The summed E-state index contributed by atoms with van der Waals surface area (Å²) in [7, 11) is 1.74. The van der Waals surface area contributed by atoms with Crippen LogP contribution in [0.5, 0.6) is 0 Å². The van der Waals surface area contributed by atoms with Crippen LogP contribution in [0.4, 0.5) is 5.13 Å². The summed E-state index contributed by atoms with van der Waals surface area (Å²) in [5.74, 6) is 0.933. The van der Waals surface area contributed by atoms with E-state index in [-0.39, 0.29) is 0 Å². The number of nitrogens with zero attached hydrogens (tertiary/aromatic N) is 2. The third kappa shape index (κ3) is 3.71. The third-order valence-corrected chi connectivity index (χ3v) is 5.23. The van der Waals surface area contributed by atoms with Crippen molar-refractivity contribution in [1.29, 1.82) is 0 Å². The minimum absolute atomic E-state index is 0.764. The van der Waals surface area contributed by atoms with Gasteiger partial charge in [-0.25, -0.2) is 4.98 Å². The fourth-order valence-electron chi connectivity index (χ4n) is 2.42. The first-order valence-corrected chi connectivity index (χ1v) is 8.52. The van der Waals surface area contributed by atoms with Crippen LogP contribution in [0.2, 0.25) is 0 Å². The van der Waals surface area contributed by atoms with Crippen LogP contribution in [0.1, 0.15) is 36.3 Å². The number of anilines is 1. The lowest BCUT2D eigenvalue weighted by atomic mass is 10.3. The van der Waals surface area contributed by atoms with E-state index in [2.05, 4.69) is 17.1 Å². The second kappa shape index (κ2) is 6.41. The Bertz CT molecular complexity index is 440. The number of rotatable bonds is 9. The highest BCUT2D eigenvalue weighted by molar-refractivity contribution is 7.15. The molecule has 0 radical (unpaired) electrons. The van der Waals surface area contributed by atoms with Gasteiger partial charge < -0.3 is 15.0 Å². The zero-order valence-electron chi connectivity index (χ0n) is 12.5. The molecule has 0 bridgehead atoms. The molecule has 20 heavy (non-hydrogen) atoms. The predicted molar refractivity (Wildman–Crippen MR) is 83.5 cm³/mol. The van der Waals surface area contributed by atoms with Crippen molar-refractivity contribution in [2.24, 2.45) is 5.92 Å². The highest BCUT2D eigenvalue weighted by atomic mass is 32.1. The summed E-state index contributed by atoms with van der Waals surface area (Å²) < 4.78 is 5.06. The van der Waals surface area contributed by atoms with E-state index in [1.54, 1.807) is 7.11 Å².